The van der Waals surface area contributed by atoms with Gasteiger partial charge in [-0.1, -0.05) is 6.92 Å². The molecule has 1 atom stereocenters. The molecule has 1 saturated carbocycles. The van der Waals surface area contributed by atoms with E-state index in [1.165, 1.54) is 0 Å². The smallest absolute Gasteiger partial charge is 0.250 e. The maximum absolute atomic E-state index is 13.3. The number of halogens is 2. The molecule has 4 heteroatoms. The van der Waals surface area contributed by atoms with Crippen LogP contribution in [0.2, 0.25) is 0 Å². The van der Waals surface area contributed by atoms with Gasteiger partial charge in [-0.15, -0.1) is 0 Å². The van der Waals surface area contributed by atoms with Crippen LogP contribution in [0.5, 0.6) is 0 Å². The van der Waals surface area contributed by atoms with Crippen LogP contribution in [-0.2, 0) is 0 Å². The molecule has 0 aromatic rings. The van der Waals surface area contributed by atoms with E-state index in [1.807, 2.05) is 0 Å². The molecule has 1 spiro atoms. The first-order valence-corrected chi connectivity index (χ1v) is 5.83. The summed E-state index contributed by atoms with van der Waals surface area (Å²) < 4.78 is 26.6. The van der Waals surface area contributed by atoms with Gasteiger partial charge in [-0.05, 0) is 37.9 Å². The van der Waals surface area contributed by atoms with Crippen LogP contribution < -0.4 is 5.73 Å². The van der Waals surface area contributed by atoms with Gasteiger partial charge in [0.2, 0.25) is 5.92 Å². The normalized spacial score (nSPS) is 34.8. The number of hydrogen-bond acceptors (Lipinski definition) is 2. The van der Waals surface area contributed by atoms with Crippen LogP contribution in [0.3, 0.4) is 0 Å². The summed E-state index contributed by atoms with van der Waals surface area (Å²) in [6, 6.07) is -0.300. The lowest BCUT2D eigenvalue weighted by molar-refractivity contribution is -0.0131. The predicted octanol–water partition coefficient (Wildman–Crippen LogP) is 1.84. The Hall–Kier alpha value is -0.220. The van der Waals surface area contributed by atoms with Crippen molar-refractivity contribution in [3.8, 4) is 0 Å². The van der Waals surface area contributed by atoms with Crippen LogP contribution in [0, 0.1) is 5.41 Å². The maximum Gasteiger partial charge on any atom is 0.250 e. The van der Waals surface area contributed by atoms with Crippen molar-refractivity contribution in [2.75, 3.05) is 19.6 Å². The Bertz CT molecular complexity index is 235. The number of nitrogens with two attached hydrogens (primary N) is 1. The van der Waals surface area contributed by atoms with Gasteiger partial charge < -0.3 is 10.6 Å². The van der Waals surface area contributed by atoms with Gasteiger partial charge in [-0.25, -0.2) is 8.78 Å². The highest BCUT2D eigenvalue weighted by Crippen LogP contribution is 2.51. The minimum absolute atomic E-state index is 0.0126. The van der Waals surface area contributed by atoms with Gasteiger partial charge in [0.25, 0.3) is 0 Å². The molecule has 2 nitrogen and oxygen atoms in total. The van der Waals surface area contributed by atoms with Crippen molar-refractivity contribution in [2.24, 2.45) is 11.1 Å². The molecule has 0 bridgehead atoms. The van der Waals surface area contributed by atoms with Gasteiger partial charge in [0.1, 0.15) is 0 Å². The highest BCUT2D eigenvalue weighted by Gasteiger charge is 2.54. The molecule has 0 radical (unpaired) electrons. The fourth-order valence-electron chi connectivity index (χ4n) is 3.12. The van der Waals surface area contributed by atoms with Gasteiger partial charge in [0.15, 0.2) is 0 Å². The second-order valence-electron chi connectivity index (χ2n) is 5.14. The molecule has 1 aliphatic heterocycles. The third kappa shape index (κ3) is 2.02. The minimum Gasteiger partial charge on any atom is -0.327 e. The van der Waals surface area contributed by atoms with E-state index in [0.717, 1.165) is 32.5 Å². The third-order valence-corrected chi connectivity index (χ3v) is 4.21. The second-order valence-corrected chi connectivity index (χ2v) is 5.14. The van der Waals surface area contributed by atoms with Crippen LogP contribution >= 0.6 is 0 Å². The van der Waals surface area contributed by atoms with Crippen molar-refractivity contribution in [2.45, 2.75) is 44.6 Å². The molecule has 2 rings (SSSR count). The summed E-state index contributed by atoms with van der Waals surface area (Å²) >= 11 is 0. The average molecular weight is 218 g/mol. The summed E-state index contributed by atoms with van der Waals surface area (Å²) in [6.45, 7) is 4.99. The zero-order valence-corrected chi connectivity index (χ0v) is 9.31. The molecule has 88 valence electrons. The summed E-state index contributed by atoms with van der Waals surface area (Å²) in [5.41, 5.74) is 5.64. The summed E-state index contributed by atoms with van der Waals surface area (Å²) in [6.07, 6.45) is 1.59. The van der Waals surface area contributed by atoms with Crippen LogP contribution in [0.25, 0.3) is 0 Å². The molecule has 15 heavy (non-hydrogen) atoms. The first-order chi connectivity index (χ1) is 6.97. The molecule has 0 unspecified atom stereocenters. The second kappa shape index (κ2) is 3.67. The Morgan fingerprint density at radius 1 is 1.33 bits per heavy atom. The predicted molar refractivity (Wildman–Crippen MR) is 55.9 cm³/mol. The molecule has 1 aliphatic carbocycles. The Labute approximate surface area is 89.8 Å². The molecule has 0 aromatic heterocycles. The average Bonchev–Trinajstić information content (AvgIpc) is 2.38. The van der Waals surface area contributed by atoms with E-state index in [0.29, 0.717) is 0 Å². The SMILES string of the molecule is CCN1CCC2(CC1)CC(F)(F)C[C@H]2N. The minimum atomic E-state index is -2.52. The lowest BCUT2D eigenvalue weighted by Gasteiger charge is -2.41. The number of piperidine rings is 1. The molecule has 2 fully saturated rings. The fraction of sp³-hybridized carbons (Fsp3) is 1.00. The highest BCUT2D eigenvalue weighted by molar-refractivity contribution is 5.04. The molecule has 0 aromatic carbocycles. The number of likely N-dealkylation sites (tertiary alicyclic amines) is 1. The van der Waals surface area contributed by atoms with E-state index in [2.05, 4.69) is 11.8 Å². The van der Waals surface area contributed by atoms with E-state index in [9.17, 15) is 8.78 Å². The molecule has 1 heterocycles. The van der Waals surface area contributed by atoms with E-state index in [1.54, 1.807) is 0 Å². The molecular formula is C11H20F2N2. The summed E-state index contributed by atoms with van der Waals surface area (Å²) in [5, 5.41) is 0. The first-order valence-electron chi connectivity index (χ1n) is 5.83. The van der Waals surface area contributed by atoms with Gasteiger partial charge in [-0.2, -0.15) is 0 Å². The van der Waals surface area contributed by atoms with E-state index < -0.39 is 5.92 Å². The molecular weight excluding hydrogens is 198 g/mol. The first kappa shape index (κ1) is 11.3. The monoisotopic (exact) mass is 218 g/mol. The van der Waals surface area contributed by atoms with E-state index in [4.69, 9.17) is 5.73 Å². The van der Waals surface area contributed by atoms with E-state index in [-0.39, 0.29) is 24.3 Å². The zero-order chi connectivity index (χ0) is 11.1. The van der Waals surface area contributed by atoms with Crippen LogP contribution in [0.4, 0.5) is 8.78 Å². The molecule has 2 aliphatic rings. The van der Waals surface area contributed by atoms with Gasteiger partial charge in [0, 0.05) is 18.9 Å². The number of nitrogens with zero attached hydrogens (tertiary/aromatic N) is 1. The Morgan fingerprint density at radius 2 is 1.93 bits per heavy atom. The lowest BCUT2D eigenvalue weighted by atomic mass is 9.74. The van der Waals surface area contributed by atoms with Crippen molar-refractivity contribution >= 4 is 0 Å². The van der Waals surface area contributed by atoms with Crippen molar-refractivity contribution in [3.63, 3.8) is 0 Å². The van der Waals surface area contributed by atoms with E-state index >= 15 is 0 Å². The lowest BCUT2D eigenvalue weighted by Crippen LogP contribution is -2.46. The Kier molecular flexibility index (Phi) is 2.75. The molecule has 1 saturated heterocycles. The number of hydrogen-bond donors (Lipinski definition) is 1. The van der Waals surface area contributed by atoms with Crippen molar-refractivity contribution < 1.29 is 8.78 Å². The summed E-state index contributed by atoms with van der Waals surface area (Å²) in [5.74, 6) is -2.52. The van der Waals surface area contributed by atoms with Crippen molar-refractivity contribution in [1.82, 2.24) is 4.90 Å². The van der Waals surface area contributed by atoms with Gasteiger partial charge in [-0.3, -0.25) is 0 Å². The van der Waals surface area contributed by atoms with Crippen molar-refractivity contribution in [3.05, 3.63) is 0 Å². The Morgan fingerprint density at radius 3 is 2.33 bits per heavy atom. The summed E-state index contributed by atoms with van der Waals surface area (Å²) in [7, 11) is 0. The van der Waals surface area contributed by atoms with Gasteiger partial charge in [0.05, 0.1) is 0 Å². The maximum atomic E-state index is 13.3. The van der Waals surface area contributed by atoms with Crippen molar-refractivity contribution in [1.29, 1.82) is 0 Å². The Balaban J connectivity index is 2.04. The van der Waals surface area contributed by atoms with Crippen LogP contribution in [0.1, 0.15) is 32.6 Å². The summed E-state index contributed by atoms with van der Waals surface area (Å²) in [4.78, 5) is 2.31. The largest absolute Gasteiger partial charge is 0.327 e. The van der Waals surface area contributed by atoms with Gasteiger partial charge >= 0.3 is 0 Å². The quantitative estimate of drug-likeness (QED) is 0.727. The number of rotatable bonds is 1. The fourth-order valence-corrected chi connectivity index (χ4v) is 3.12. The topological polar surface area (TPSA) is 29.3 Å². The highest BCUT2D eigenvalue weighted by atomic mass is 19.3. The zero-order valence-electron chi connectivity index (χ0n) is 9.31. The third-order valence-electron chi connectivity index (χ3n) is 4.21. The number of alkyl halides is 2. The molecule has 2 N–H and O–H groups in total. The molecule has 0 amide bonds. The van der Waals surface area contributed by atoms with Crippen LogP contribution in [-0.4, -0.2) is 36.5 Å². The standard InChI is InChI=1S/C11H20F2N2/c1-2-15-5-3-10(4-6-15)8-11(12,13)7-9(10)14/h9H,2-8,14H2,1H3/t9-/m1/s1. The van der Waals surface area contributed by atoms with Crippen LogP contribution in [0.15, 0.2) is 0 Å².